The first-order valence-corrected chi connectivity index (χ1v) is 9.65. The van der Waals surface area contributed by atoms with Gasteiger partial charge in [-0.15, -0.1) is 5.10 Å². The normalized spacial score (nSPS) is 12.8. The molecular weight excluding hydrogens is 433 g/mol. The molecule has 1 aliphatic carbocycles. The standard InChI is InChI=1S/C18H13Cl2N7O3/c19-11-5-8(27-18(30)23-17(29)13(7-21)26-27)6-12(20)14(11)22-15-9-3-1-2-4-10(9)16(28)25-24-15/h5-6H,1-4H2,(H,22,24)(H,25,28)(H,23,29,30). The van der Waals surface area contributed by atoms with Gasteiger partial charge in [-0.05, 0) is 37.8 Å². The molecule has 0 spiro atoms. The predicted molar refractivity (Wildman–Crippen MR) is 110 cm³/mol. The fourth-order valence-electron chi connectivity index (χ4n) is 3.33. The van der Waals surface area contributed by atoms with Crippen LogP contribution in [-0.4, -0.2) is 25.0 Å². The van der Waals surface area contributed by atoms with Crippen molar-refractivity contribution in [3.63, 3.8) is 0 Å². The number of fused-ring (bicyclic) bond motifs is 1. The van der Waals surface area contributed by atoms with Gasteiger partial charge in [0.25, 0.3) is 11.1 Å². The van der Waals surface area contributed by atoms with Crippen molar-refractivity contribution in [2.45, 2.75) is 25.7 Å². The van der Waals surface area contributed by atoms with Gasteiger partial charge < -0.3 is 5.32 Å². The van der Waals surface area contributed by atoms with Crippen LogP contribution in [0.3, 0.4) is 0 Å². The van der Waals surface area contributed by atoms with E-state index in [9.17, 15) is 14.4 Å². The molecule has 1 aromatic carbocycles. The molecule has 30 heavy (non-hydrogen) atoms. The van der Waals surface area contributed by atoms with E-state index in [1.165, 1.54) is 12.1 Å². The lowest BCUT2D eigenvalue weighted by Gasteiger charge is -2.19. The highest BCUT2D eigenvalue weighted by Crippen LogP contribution is 2.36. The number of benzene rings is 1. The first-order chi connectivity index (χ1) is 14.4. The lowest BCUT2D eigenvalue weighted by molar-refractivity contribution is 0.669. The van der Waals surface area contributed by atoms with Crippen LogP contribution in [0.4, 0.5) is 11.5 Å². The summed E-state index contributed by atoms with van der Waals surface area (Å²) in [5.41, 5.74) is -0.426. The van der Waals surface area contributed by atoms with Crippen molar-refractivity contribution in [1.29, 1.82) is 5.26 Å². The summed E-state index contributed by atoms with van der Waals surface area (Å²) in [6.07, 6.45) is 3.25. The number of nitriles is 1. The number of nitrogens with one attached hydrogen (secondary N) is 3. The molecule has 4 rings (SSSR count). The van der Waals surface area contributed by atoms with E-state index in [0.29, 0.717) is 29.9 Å². The average molecular weight is 446 g/mol. The second-order valence-electron chi connectivity index (χ2n) is 6.61. The minimum Gasteiger partial charge on any atom is -0.336 e. The van der Waals surface area contributed by atoms with Crippen LogP contribution < -0.4 is 22.1 Å². The summed E-state index contributed by atoms with van der Waals surface area (Å²) in [4.78, 5) is 37.7. The Balaban J connectivity index is 1.77. The van der Waals surface area contributed by atoms with Gasteiger partial charge >= 0.3 is 5.69 Å². The second-order valence-corrected chi connectivity index (χ2v) is 7.42. The molecule has 10 nitrogen and oxygen atoms in total. The third kappa shape index (κ3) is 3.49. The lowest BCUT2D eigenvalue weighted by atomic mass is 9.93. The van der Waals surface area contributed by atoms with Gasteiger partial charge in [0.05, 0.1) is 21.4 Å². The van der Waals surface area contributed by atoms with E-state index in [4.69, 9.17) is 28.5 Å². The summed E-state index contributed by atoms with van der Waals surface area (Å²) >= 11 is 12.8. The zero-order valence-electron chi connectivity index (χ0n) is 15.3. The average Bonchev–Trinajstić information content (AvgIpc) is 2.72. The van der Waals surface area contributed by atoms with Crippen molar-refractivity contribution in [3.8, 4) is 11.8 Å². The first-order valence-electron chi connectivity index (χ1n) is 8.89. The third-order valence-corrected chi connectivity index (χ3v) is 5.34. The monoisotopic (exact) mass is 445 g/mol. The highest BCUT2D eigenvalue weighted by Gasteiger charge is 2.20. The van der Waals surface area contributed by atoms with Gasteiger partial charge in [-0.25, -0.2) is 9.89 Å². The van der Waals surface area contributed by atoms with E-state index < -0.39 is 16.9 Å². The quantitative estimate of drug-likeness (QED) is 0.555. The Morgan fingerprint density at radius 2 is 1.73 bits per heavy atom. The number of hydrogen-bond donors (Lipinski definition) is 3. The maximum Gasteiger partial charge on any atom is 0.349 e. The van der Waals surface area contributed by atoms with Crippen LogP contribution in [0.5, 0.6) is 0 Å². The summed E-state index contributed by atoms with van der Waals surface area (Å²) < 4.78 is 0.821. The smallest absolute Gasteiger partial charge is 0.336 e. The topological polar surface area (TPSA) is 149 Å². The highest BCUT2D eigenvalue weighted by atomic mass is 35.5. The summed E-state index contributed by atoms with van der Waals surface area (Å²) in [7, 11) is 0. The Morgan fingerprint density at radius 1 is 1.07 bits per heavy atom. The molecule has 0 saturated heterocycles. The van der Waals surface area contributed by atoms with Crippen LogP contribution in [-0.2, 0) is 12.8 Å². The number of aromatic nitrogens is 5. The number of rotatable bonds is 3. The Morgan fingerprint density at radius 3 is 2.40 bits per heavy atom. The van der Waals surface area contributed by atoms with Crippen molar-refractivity contribution in [2.24, 2.45) is 0 Å². The molecule has 0 radical (unpaired) electrons. The molecule has 2 aromatic heterocycles. The van der Waals surface area contributed by atoms with Gasteiger partial charge in [0.1, 0.15) is 6.07 Å². The van der Waals surface area contributed by atoms with Crippen LogP contribution in [0, 0.1) is 11.3 Å². The lowest BCUT2D eigenvalue weighted by Crippen LogP contribution is -2.33. The zero-order chi connectivity index (χ0) is 21.4. The molecule has 12 heteroatoms. The number of hydrogen-bond acceptors (Lipinski definition) is 7. The fourth-order valence-corrected chi connectivity index (χ4v) is 3.90. The predicted octanol–water partition coefficient (Wildman–Crippen LogP) is 1.80. The molecule has 3 N–H and O–H groups in total. The Labute approximate surface area is 178 Å². The van der Waals surface area contributed by atoms with Gasteiger partial charge in [-0.2, -0.15) is 15.0 Å². The Hall–Kier alpha value is -3.42. The van der Waals surface area contributed by atoms with Gasteiger partial charge in [0, 0.05) is 11.1 Å². The van der Waals surface area contributed by atoms with Crippen molar-refractivity contribution >= 4 is 34.7 Å². The van der Waals surface area contributed by atoms with Gasteiger partial charge in [0.15, 0.2) is 5.82 Å². The van der Waals surface area contributed by atoms with Crippen LogP contribution in [0.15, 0.2) is 26.5 Å². The second kappa shape index (κ2) is 7.78. The molecule has 0 saturated carbocycles. The van der Waals surface area contributed by atoms with E-state index in [2.05, 4.69) is 20.6 Å². The molecule has 0 amide bonds. The van der Waals surface area contributed by atoms with Crippen LogP contribution in [0.1, 0.15) is 29.7 Å². The van der Waals surface area contributed by atoms with Crippen LogP contribution in [0.2, 0.25) is 10.0 Å². The van der Waals surface area contributed by atoms with E-state index >= 15 is 0 Å². The molecular formula is C18H13Cl2N7O3. The van der Waals surface area contributed by atoms with E-state index in [1.54, 1.807) is 6.07 Å². The molecule has 0 aliphatic heterocycles. The van der Waals surface area contributed by atoms with Crippen LogP contribution >= 0.6 is 23.2 Å². The summed E-state index contributed by atoms with van der Waals surface area (Å²) in [6, 6.07) is 4.42. The van der Waals surface area contributed by atoms with E-state index in [-0.39, 0.29) is 21.3 Å². The van der Waals surface area contributed by atoms with Crippen molar-refractivity contribution < 1.29 is 0 Å². The maximum absolute atomic E-state index is 12.1. The van der Waals surface area contributed by atoms with Crippen LogP contribution in [0.25, 0.3) is 5.69 Å². The SMILES string of the molecule is N#Cc1nn(-c2cc(Cl)c(Nc3n[nH]c(=O)c4c3CCCC4)c(Cl)c2)c(=O)[nH]c1=O. The van der Waals surface area contributed by atoms with Crippen molar-refractivity contribution in [2.75, 3.05) is 5.32 Å². The summed E-state index contributed by atoms with van der Waals surface area (Å²) in [5.74, 6) is 0.451. The van der Waals surface area contributed by atoms with Crippen molar-refractivity contribution in [3.05, 3.63) is 70.2 Å². The minimum absolute atomic E-state index is 0.147. The van der Waals surface area contributed by atoms with Crippen molar-refractivity contribution in [1.82, 2.24) is 25.0 Å². The zero-order valence-corrected chi connectivity index (χ0v) is 16.8. The fraction of sp³-hybridized carbons (Fsp3) is 0.222. The molecule has 3 aromatic rings. The third-order valence-electron chi connectivity index (χ3n) is 4.75. The summed E-state index contributed by atoms with van der Waals surface area (Å²) in [6.45, 7) is 0. The minimum atomic E-state index is -0.886. The highest BCUT2D eigenvalue weighted by molar-refractivity contribution is 6.39. The number of nitrogens with zero attached hydrogens (tertiary/aromatic N) is 4. The molecule has 152 valence electrons. The summed E-state index contributed by atoms with van der Waals surface area (Å²) in [5, 5.41) is 22.6. The maximum atomic E-state index is 12.1. The molecule has 2 heterocycles. The number of H-pyrrole nitrogens is 2. The van der Waals surface area contributed by atoms with E-state index in [1.807, 2.05) is 4.98 Å². The van der Waals surface area contributed by atoms with Gasteiger partial charge in [-0.3, -0.25) is 14.6 Å². The number of anilines is 2. The van der Waals surface area contributed by atoms with Gasteiger partial charge in [-0.1, -0.05) is 23.2 Å². The number of halogens is 2. The molecule has 0 unspecified atom stereocenters. The Bertz CT molecular complexity index is 1360. The van der Waals surface area contributed by atoms with Gasteiger partial charge in [0.2, 0.25) is 5.69 Å². The Kier molecular flexibility index (Phi) is 5.15. The first kappa shape index (κ1) is 19.9. The molecule has 0 atom stereocenters. The molecule has 0 bridgehead atoms. The molecule has 1 aliphatic rings. The largest absolute Gasteiger partial charge is 0.349 e. The van der Waals surface area contributed by atoms with E-state index in [0.717, 1.165) is 23.1 Å². The molecule has 0 fully saturated rings. The number of aromatic amines is 2.